The number of aryl methyl sites for hydroxylation is 3. The van der Waals surface area contributed by atoms with Crippen LogP contribution in [0.3, 0.4) is 0 Å². The van der Waals surface area contributed by atoms with Crippen LogP contribution in [0.25, 0.3) is 0 Å². The highest BCUT2D eigenvalue weighted by Crippen LogP contribution is 2.28. The molecular formula is C29H38N4O5. The molecule has 2 aromatic rings. The summed E-state index contributed by atoms with van der Waals surface area (Å²) in [5.74, 6) is -1.94. The quantitative estimate of drug-likeness (QED) is 0.405. The lowest BCUT2D eigenvalue weighted by molar-refractivity contribution is -0.141. The van der Waals surface area contributed by atoms with E-state index in [0.717, 1.165) is 16.7 Å². The van der Waals surface area contributed by atoms with Crippen molar-refractivity contribution in [2.24, 2.45) is 5.73 Å². The molecule has 4 amide bonds. The van der Waals surface area contributed by atoms with Crippen LogP contribution in [-0.2, 0) is 19.1 Å². The number of rotatable bonds is 10. The molecule has 2 unspecified atom stereocenters. The number of alkyl carbamates (subject to hydrolysis) is 1. The van der Waals surface area contributed by atoms with Gasteiger partial charge in [-0.25, -0.2) is 4.79 Å². The Morgan fingerprint density at radius 2 is 1.71 bits per heavy atom. The normalized spacial score (nSPS) is 12.6. The molecule has 9 nitrogen and oxygen atoms in total. The van der Waals surface area contributed by atoms with Gasteiger partial charge in [-0.05, 0) is 64.3 Å². The summed E-state index contributed by atoms with van der Waals surface area (Å²) in [7, 11) is 0. The number of amides is 4. The Kier molecular flexibility index (Phi) is 10.2. The number of carbonyl (C=O) groups excluding carboxylic acids is 4. The van der Waals surface area contributed by atoms with Crippen LogP contribution < -0.4 is 16.4 Å². The molecule has 2 rings (SSSR count). The van der Waals surface area contributed by atoms with Crippen molar-refractivity contribution in [3.05, 3.63) is 77.4 Å². The van der Waals surface area contributed by atoms with Crippen LogP contribution in [0.2, 0.25) is 0 Å². The van der Waals surface area contributed by atoms with Crippen LogP contribution >= 0.6 is 0 Å². The molecular weight excluding hydrogens is 484 g/mol. The van der Waals surface area contributed by atoms with Gasteiger partial charge < -0.3 is 26.0 Å². The van der Waals surface area contributed by atoms with Crippen LogP contribution in [0.4, 0.5) is 10.5 Å². The summed E-state index contributed by atoms with van der Waals surface area (Å²) in [4.78, 5) is 53.4. The van der Waals surface area contributed by atoms with Crippen LogP contribution in [-0.4, -0.2) is 46.9 Å². The molecule has 0 fully saturated rings. The van der Waals surface area contributed by atoms with Gasteiger partial charge in [0.25, 0.3) is 5.91 Å². The first-order valence-electron chi connectivity index (χ1n) is 12.4. The summed E-state index contributed by atoms with van der Waals surface area (Å²) < 4.78 is 5.28. The summed E-state index contributed by atoms with van der Waals surface area (Å²) in [6, 6.07) is 10.4. The average molecular weight is 523 g/mol. The Balaban J connectivity index is 2.57. The highest BCUT2D eigenvalue weighted by atomic mass is 16.6. The number of nitrogens with zero attached hydrogens (tertiary/aromatic N) is 1. The number of para-hydroxylation sites is 1. The standard InChI is InChI=1S/C29H38N4O5/c1-8-15-33(27(36)23(17-24(30)34)32-28(37)38-29(5,6)7)25(21-14-13-18(2)16-20(21)4)26(35)31-22-12-10-9-11-19(22)3/h8-14,16,23,25H,1,15,17H2,2-7H3,(H2,30,34)(H,31,35)(H,32,37). The number of nitrogens with two attached hydrogens (primary N) is 1. The average Bonchev–Trinajstić information content (AvgIpc) is 2.79. The zero-order valence-corrected chi connectivity index (χ0v) is 23.0. The number of primary amides is 1. The highest BCUT2D eigenvalue weighted by Gasteiger charge is 2.37. The predicted molar refractivity (Wildman–Crippen MR) is 147 cm³/mol. The van der Waals surface area contributed by atoms with Crippen molar-refractivity contribution in [3.63, 3.8) is 0 Å². The SMILES string of the molecule is C=CCN(C(=O)C(CC(N)=O)NC(=O)OC(C)(C)C)C(C(=O)Nc1ccccc1C)c1ccc(C)cc1C. The van der Waals surface area contributed by atoms with E-state index in [1.54, 1.807) is 39.0 Å². The van der Waals surface area contributed by atoms with Crippen molar-refractivity contribution in [2.75, 3.05) is 11.9 Å². The maximum absolute atomic E-state index is 13.9. The number of ether oxygens (including phenoxy) is 1. The maximum atomic E-state index is 13.9. The van der Waals surface area contributed by atoms with E-state index in [1.807, 2.05) is 45.0 Å². The van der Waals surface area contributed by atoms with Crippen molar-refractivity contribution in [3.8, 4) is 0 Å². The molecule has 0 saturated heterocycles. The second-order valence-electron chi connectivity index (χ2n) is 10.2. The summed E-state index contributed by atoms with van der Waals surface area (Å²) in [6.45, 7) is 14.4. The van der Waals surface area contributed by atoms with Crippen LogP contribution in [0.15, 0.2) is 55.1 Å². The third-order valence-corrected chi connectivity index (χ3v) is 5.69. The Morgan fingerprint density at radius 1 is 1.05 bits per heavy atom. The highest BCUT2D eigenvalue weighted by molar-refractivity contribution is 6.00. The molecule has 9 heteroatoms. The molecule has 0 aliphatic rings. The van der Waals surface area contributed by atoms with E-state index in [4.69, 9.17) is 10.5 Å². The lowest BCUT2D eigenvalue weighted by Crippen LogP contribution is -2.53. The van der Waals surface area contributed by atoms with Crippen LogP contribution in [0.1, 0.15) is 55.5 Å². The molecule has 2 atom stereocenters. The van der Waals surface area contributed by atoms with E-state index in [0.29, 0.717) is 11.3 Å². The number of nitrogens with one attached hydrogen (secondary N) is 2. The first kappa shape index (κ1) is 30.1. The van der Waals surface area contributed by atoms with Gasteiger partial charge in [0.2, 0.25) is 11.8 Å². The third kappa shape index (κ3) is 8.47. The fraction of sp³-hybridized carbons (Fsp3) is 0.379. The molecule has 38 heavy (non-hydrogen) atoms. The minimum Gasteiger partial charge on any atom is -0.444 e. The molecule has 0 aliphatic carbocycles. The van der Waals surface area contributed by atoms with Gasteiger partial charge in [-0.1, -0.05) is 48.0 Å². The largest absolute Gasteiger partial charge is 0.444 e. The molecule has 0 heterocycles. The predicted octanol–water partition coefficient (Wildman–Crippen LogP) is 4.07. The third-order valence-electron chi connectivity index (χ3n) is 5.69. The van der Waals surface area contributed by atoms with Crippen molar-refractivity contribution in [2.45, 2.75) is 65.6 Å². The molecule has 4 N–H and O–H groups in total. The minimum absolute atomic E-state index is 0.0384. The topological polar surface area (TPSA) is 131 Å². The Hall–Kier alpha value is -4.14. The lowest BCUT2D eigenvalue weighted by Gasteiger charge is -2.34. The van der Waals surface area contributed by atoms with Crippen molar-refractivity contribution >= 4 is 29.5 Å². The van der Waals surface area contributed by atoms with Crippen LogP contribution in [0.5, 0.6) is 0 Å². The lowest BCUT2D eigenvalue weighted by atomic mass is 9.96. The summed E-state index contributed by atoms with van der Waals surface area (Å²) in [5.41, 5.74) is 8.40. The number of benzene rings is 2. The molecule has 0 bridgehead atoms. The van der Waals surface area contributed by atoms with Gasteiger partial charge in [0.1, 0.15) is 17.7 Å². The second-order valence-corrected chi connectivity index (χ2v) is 10.2. The van der Waals surface area contributed by atoms with E-state index >= 15 is 0 Å². The fourth-order valence-corrected chi connectivity index (χ4v) is 4.01. The minimum atomic E-state index is -1.36. The second kappa shape index (κ2) is 12.9. The van der Waals surface area contributed by atoms with E-state index in [1.165, 1.54) is 11.0 Å². The summed E-state index contributed by atoms with van der Waals surface area (Å²) >= 11 is 0. The molecule has 0 aliphatic heterocycles. The molecule has 2 aromatic carbocycles. The van der Waals surface area contributed by atoms with Gasteiger partial charge in [0, 0.05) is 12.2 Å². The van der Waals surface area contributed by atoms with Gasteiger partial charge in [0.05, 0.1) is 6.42 Å². The van der Waals surface area contributed by atoms with E-state index in [2.05, 4.69) is 17.2 Å². The van der Waals surface area contributed by atoms with Crippen LogP contribution in [0, 0.1) is 20.8 Å². The number of hydrogen-bond donors (Lipinski definition) is 3. The zero-order valence-electron chi connectivity index (χ0n) is 23.0. The van der Waals surface area contributed by atoms with Gasteiger partial charge >= 0.3 is 6.09 Å². The van der Waals surface area contributed by atoms with E-state index in [-0.39, 0.29) is 6.54 Å². The van der Waals surface area contributed by atoms with Crippen molar-refractivity contribution < 1.29 is 23.9 Å². The first-order chi connectivity index (χ1) is 17.7. The first-order valence-corrected chi connectivity index (χ1v) is 12.4. The zero-order chi connectivity index (χ0) is 28.6. The van der Waals surface area contributed by atoms with Gasteiger partial charge in [-0.15, -0.1) is 6.58 Å². The molecule has 0 aromatic heterocycles. The smallest absolute Gasteiger partial charge is 0.408 e. The van der Waals surface area contributed by atoms with Gasteiger partial charge in [0.15, 0.2) is 0 Å². The number of carbonyl (C=O) groups is 4. The van der Waals surface area contributed by atoms with E-state index in [9.17, 15) is 19.2 Å². The van der Waals surface area contributed by atoms with E-state index < -0.39 is 47.9 Å². The molecule has 204 valence electrons. The fourth-order valence-electron chi connectivity index (χ4n) is 4.01. The summed E-state index contributed by atoms with van der Waals surface area (Å²) in [6.07, 6.45) is 0.109. The summed E-state index contributed by atoms with van der Waals surface area (Å²) in [5, 5.41) is 5.38. The monoisotopic (exact) mass is 522 g/mol. The molecule has 0 radical (unpaired) electrons. The molecule has 0 saturated carbocycles. The Morgan fingerprint density at radius 3 is 2.26 bits per heavy atom. The Bertz CT molecular complexity index is 1200. The molecule has 0 spiro atoms. The van der Waals surface area contributed by atoms with Crippen molar-refractivity contribution in [1.82, 2.24) is 10.2 Å². The Labute approximate surface area is 224 Å². The maximum Gasteiger partial charge on any atom is 0.408 e. The van der Waals surface area contributed by atoms with Gasteiger partial charge in [-0.2, -0.15) is 0 Å². The van der Waals surface area contributed by atoms with Gasteiger partial charge in [-0.3, -0.25) is 14.4 Å². The number of anilines is 1. The van der Waals surface area contributed by atoms with Crippen molar-refractivity contribution in [1.29, 1.82) is 0 Å². The number of hydrogen-bond acceptors (Lipinski definition) is 5.